The molecule has 0 amide bonds. The number of aryl methyl sites for hydroxylation is 1. The Hall–Kier alpha value is -2.00. The number of hydrogen-bond donors (Lipinski definition) is 1. The highest BCUT2D eigenvalue weighted by atomic mass is 16.5. The normalized spacial score (nSPS) is 14.4. The van der Waals surface area contributed by atoms with Crippen LogP contribution in [0.25, 0.3) is 0 Å². The summed E-state index contributed by atoms with van der Waals surface area (Å²) in [4.78, 5) is 0. The van der Waals surface area contributed by atoms with Gasteiger partial charge < -0.3 is 14.8 Å². The van der Waals surface area contributed by atoms with E-state index in [9.17, 15) is 0 Å². The van der Waals surface area contributed by atoms with Gasteiger partial charge in [0.15, 0.2) is 0 Å². The predicted octanol–water partition coefficient (Wildman–Crippen LogP) is 3.25. The van der Waals surface area contributed by atoms with Gasteiger partial charge in [-0.1, -0.05) is 24.3 Å². The SMILES string of the molecule is CNC(c1ccc2c(c1)CCO2)c1ccc(C)c(OC)c1. The molecule has 0 spiro atoms. The molecule has 0 saturated heterocycles. The second-order valence-electron chi connectivity index (χ2n) is 5.42. The van der Waals surface area contributed by atoms with E-state index in [0.29, 0.717) is 0 Å². The van der Waals surface area contributed by atoms with Crippen molar-refractivity contribution in [3.05, 3.63) is 58.7 Å². The number of benzene rings is 2. The zero-order chi connectivity index (χ0) is 14.8. The second kappa shape index (κ2) is 5.78. The van der Waals surface area contributed by atoms with Crippen LogP contribution in [0.3, 0.4) is 0 Å². The fraction of sp³-hybridized carbons (Fsp3) is 0.333. The monoisotopic (exact) mass is 283 g/mol. The van der Waals surface area contributed by atoms with Gasteiger partial charge in [-0.05, 0) is 48.4 Å². The van der Waals surface area contributed by atoms with Gasteiger partial charge >= 0.3 is 0 Å². The van der Waals surface area contributed by atoms with Crippen LogP contribution in [0, 0.1) is 6.92 Å². The molecule has 21 heavy (non-hydrogen) atoms. The summed E-state index contributed by atoms with van der Waals surface area (Å²) in [6.07, 6.45) is 0.997. The molecule has 0 fully saturated rings. The van der Waals surface area contributed by atoms with Crippen molar-refractivity contribution in [2.75, 3.05) is 20.8 Å². The van der Waals surface area contributed by atoms with Crippen molar-refractivity contribution >= 4 is 0 Å². The first-order chi connectivity index (χ1) is 10.2. The van der Waals surface area contributed by atoms with Gasteiger partial charge in [0, 0.05) is 6.42 Å². The molecule has 1 aliphatic heterocycles. The number of hydrogen-bond acceptors (Lipinski definition) is 3. The molecule has 2 aromatic carbocycles. The maximum atomic E-state index is 5.58. The van der Waals surface area contributed by atoms with Gasteiger partial charge in [-0.2, -0.15) is 0 Å². The summed E-state index contributed by atoms with van der Waals surface area (Å²) in [6.45, 7) is 2.85. The van der Waals surface area contributed by atoms with E-state index in [-0.39, 0.29) is 6.04 Å². The average Bonchev–Trinajstić information content (AvgIpc) is 2.97. The van der Waals surface area contributed by atoms with Gasteiger partial charge in [-0.15, -0.1) is 0 Å². The van der Waals surface area contributed by atoms with Gasteiger partial charge in [-0.25, -0.2) is 0 Å². The van der Waals surface area contributed by atoms with Crippen LogP contribution in [0.4, 0.5) is 0 Å². The lowest BCUT2D eigenvalue weighted by Crippen LogP contribution is -2.18. The molecule has 3 rings (SSSR count). The Morgan fingerprint density at radius 1 is 1.14 bits per heavy atom. The number of methoxy groups -OCH3 is 1. The smallest absolute Gasteiger partial charge is 0.122 e. The lowest BCUT2D eigenvalue weighted by atomic mass is 9.95. The van der Waals surface area contributed by atoms with Crippen molar-refractivity contribution < 1.29 is 9.47 Å². The van der Waals surface area contributed by atoms with Gasteiger partial charge in [0.05, 0.1) is 19.8 Å². The fourth-order valence-electron chi connectivity index (χ4n) is 2.93. The average molecular weight is 283 g/mol. The Morgan fingerprint density at radius 3 is 2.67 bits per heavy atom. The summed E-state index contributed by atoms with van der Waals surface area (Å²) in [5.41, 5.74) is 4.91. The molecular weight excluding hydrogens is 262 g/mol. The quantitative estimate of drug-likeness (QED) is 0.934. The number of ether oxygens (including phenoxy) is 2. The molecule has 1 atom stereocenters. The van der Waals surface area contributed by atoms with E-state index in [0.717, 1.165) is 30.1 Å². The van der Waals surface area contributed by atoms with Crippen molar-refractivity contribution in [2.45, 2.75) is 19.4 Å². The fourth-order valence-corrected chi connectivity index (χ4v) is 2.93. The maximum absolute atomic E-state index is 5.58. The largest absolute Gasteiger partial charge is 0.496 e. The lowest BCUT2D eigenvalue weighted by Gasteiger charge is -2.19. The minimum Gasteiger partial charge on any atom is -0.496 e. The summed E-state index contributed by atoms with van der Waals surface area (Å²) in [5.74, 6) is 1.95. The predicted molar refractivity (Wildman–Crippen MR) is 84.3 cm³/mol. The minimum atomic E-state index is 0.158. The molecule has 1 heterocycles. The summed E-state index contributed by atoms with van der Waals surface area (Å²) >= 11 is 0. The van der Waals surface area contributed by atoms with Crippen LogP contribution < -0.4 is 14.8 Å². The third kappa shape index (κ3) is 2.61. The Labute approximate surface area is 125 Å². The number of fused-ring (bicyclic) bond motifs is 1. The summed E-state index contributed by atoms with van der Waals surface area (Å²) in [5, 5.41) is 3.40. The molecular formula is C18H21NO2. The Balaban J connectivity index is 1.98. The maximum Gasteiger partial charge on any atom is 0.122 e. The molecule has 1 N–H and O–H groups in total. The van der Waals surface area contributed by atoms with Gasteiger partial charge in [-0.3, -0.25) is 0 Å². The molecule has 2 aromatic rings. The molecule has 1 unspecified atom stereocenters. The molecule has 0 aliphatic carbocycles. The molecule has 0 bridgehead atoms. The van der Waals surface area contributed by atoms with Crippen molar-refractivity contribution in [3.8, 4) is 11.5 Å². The molecule has 1 aliphatic rings. The third-order valence-electron chi connectivity index (χ3n) is 4.10. The first-order valence-corrected chi connectivity index (χ1v) is 7.30. The van der Waals surface area contributed by atoms with E-state index in [1.165, 1.54) is 16.7 Å². The molecule has 0 saturated carbocycles. The topological polar surface area (TPSA) is 30.5 Å². The minimum absolute atomic E-state index is 0.158. The van der Waals surface area contributed by atoms with Crippen molar-refractivity contribution in [2.24, 2.45) is 0 Å². The van der Waals surface area contributed by atoms with Gasteiger partial charge in [0.2, 0.25) is 0 Å². The summed E-state index contributed by atoms with van der Waals surface area (Å²) < 4.78 is 11.0. The van der Waals surface area contributed by atoms with E-state index in [4.69, 9.17) is 9.47 Å². The molecule has 3 nitrogen and oxygen atoms in total. The zero-order valence-corrected chi connectivity index (χ0v) is 12.8. The first-order valence-electron chi connectivity index (χ1n) is 7.30. The third-order valence-corrected chi connectivity index (χ3v) is 4.10. The van der Waals surface area contributed by atoms with Crippen LogP contribution in [0.2, 0.25) is 0 Å². The van der Waals surface area contributed by atoms with Crippen LogP contribution in [0.15, 0.2) is 36.4 Å². The highest BCUT2D eigenvalue weighted by molar-refractivity contribution is 5.45. The molecule has 110 valence electrons. The first kappa shape index (κ1) is 14.0. The van der Waals surface area contributed by atoms with E-state index in [1.54, 1.807) is 7.11 Å². The summed E-state index contributed by atoms with van der Waals surface area (Å²) in [6, 6.07) is 13.0. The standard InChI is InChI=1S/C18H21NO2/c1-12-4-5-15(11-17(12)20-3)18(19-2)14-6-7-16-13(10-14)8-9-21-16/h4-7,10-11,18-19H,8-9H2,1-3H3. The van der Waals surface area contributed by atoms with E-state index < -0.39 is 0 Å². The van der Waals surface area contributed by atoms with Gasteiger partial charge in [0.1, 0.15) is 11.5 Å². The van der Waals surface area contributed by atoms with Crippen LogP contribution in [-0.4, -0.2) is 20.8 Å². The Bertz CT molecular complexity index is 641. The van der Waals surface area contributed by atoms with Crippen LogP contribution >= 0.6 is 0 Å². The Kier molecular flexibility index (Phi) is 3.84. The van der Waals surface area contributed by atoms with Crippen LogP contribution in [-0.2, 0) is 6.42 Å². The summed E-state index contributed by atoms with van der Waals surface area (Å²) in [7, 11) is 3.70. The highest BCUT2D eigenvalue weighted by Crippen LogP contribution is 2.32. The van der Waals surface area contributed by atoms with E-state index in [2.05, 4.69) is 48.6 Å². The second-order valence-corrected chi connectivity index (χ2v) is 5.42. The van der Waals surface area contributed by atoms with Crippen molar-refractivity contribution in [3.63, 3.8) is 0 Å². The van der Waals surface area contributed by atoms with Crippen LogP contribution in [0.5, 0.6) is 11.5 Å². The number of rotatable bonds is 4. The lowest BCUT2D eigenvalue weighted by molar-refractivity contribution is 0.357. The van der Waals surface area contributed by atoms with Crippen LogP contribution in [0.1, 0.15) is 28.3 Å². The number of nitrogens with one attached hydrogen (secondary N) is 1. The highest BCUT2D eigenvalue weighted by Gasteiger charge is 2.18. The van der Waals surface area contributed by atoms with Gasteiger partial charge in [0.25, 0.3) is 0 Å². The Morgan fingerprint density at radius 2 is 1.90 bits per heavy atom. The van der Waals surface area contributed by atoms with E-state index in [1.807, 2.05) is 7.05 Å². The van der Waals surface area contributed by atoms with Crippen molar-refractivity contribution in [1.29, 1.82) is 0 Å². The molecule has 0 aromatic heterocycles. The molecule has 0 radical (unpaired) electrons. The van der Waals surface area contributed by atoms with E-state index >= 15 is 0 Å². The zero-order valence-electron chi connectivity index (χ0n) is 12.8. The molecule has 3 heteroatoms. The van der Waals surface area contributed by atoms with Crippen molar-refractivity contribution in [1.82, 2.24) is 5.32 Å².